The number of ether oxygens (including phenoxy) is 1. The fourth-order valence-electron chi connectivity index (χ4n) is 4.17. The second-order valence-corrected chi connectivity index (χ2v) is 13.5. The number of carbonyl (C=O) groups excluding carboxylic acids is 1. The maximum atomic E-state index is 13.5. The molecule has 0 unspecified atom stereocenters. The highest BCUT2D eigenvalue weighted by molar-refractivity contribution is 7.99. The second-order valence-electron chi connectivity index (χ2n) is 8.89. The maximum absolute atomic E-state index is 13.5. The van der Waals surface area contributed by atoms with Crippen LogP contribution in [0.1, 0.15) is 25.3 Å². The molecule has 210 valence electrons. The Morgan fingerprint density at radius 1 is 1.16 bits per heavy atom. The summed E-state index contributed by atoms with van der Waals surface area (Å²) in [6.07, 6.45) is 0.416. The summed E-state index contributed by atoms with van der Waals surface area (Å²) in [4.78, 5) is 13.9. The van der Waals surface area contributed by atoms with Crippen LogP contribution in [0.15, 0.2) is 63.2 Å². The Morgan fingerprint density at radius 3 is 2.45 bits per heavy atom. The number of amides is 1. The van der Waals surface area contributed by atoms with Crippen molar-refractivity contribution in [1.29, 1.82) is 0 Å². The molecule has 1 heterocycles. The van der Waals surface area contributed by atoms with Crippen molar-refractivity contribution < 1.29 is 39.5 Å². The van der Waals surface area contributed by atoms with Crippen LogP contribution < -0.4 is 5.14 Å². The molecule has 0 aliphatic carbocycles. The smallest absolute Gasteiger partial charge is 0.377 e. The molecule has 1 aliphatic heterocycles. The molecular formula is C24H29F3N2O6S3. The van der Waals surface area contributed by atoms with Gasteiger partial charge >= 0.3 is 5.51 Å². The van der Waals surface area contributed by atoms with Crippen molar-refractivity contribution >= 4 is 37.5 Å². The first-order valence-electron chi connectivity index (χ1n) is 11.8. The predicted octanol–water partition coefficient (Wildman–Crippen LogP) is 3.61. The monoisotopic (exact) mass is 594 g/mol. The van der Waals surface area contributed by atoms with Crippen molar-refractivity contribution in [2.45, 2.75) is 52.4 Å². The number of carbonyl (C=O) groups is 1. The van der Waals surface area contributed by atoms with Crippen LogP contribution in [0.4, 0.5) is 13.2 Å². The first-order chi connectivity index (χ1) is 17.7. The number of hydrogen-bond acceptors (Lipinski definition) is 7. The van der Waals surface area contributed by atoms with Gasteiger partial charge in [-0.1, -0.05) is 31.2 Å². The van der Waals surface area contributed by atoms with Crippen LogP contribution in [0.2, 0.25) is 0 Å². The van der Waals surface area contributed by atoms with Gasteiger partial charge < -0.3 is 9.64 Å². The minimum absolute atomic E-state index is 0.0429. The van der Waals surface area contributed by atoms with Gasteiger partial charge in [0, 0.05) is 23.6 Å². The number of hydrogen-bond donors (Lipinski definition) is 1. The van der Waals surface area contributed by atoms with Crippen LogP contribution in [-0.2, 0) is 35.8 Å². The lowest BCUT2D eigenvalue weighted by Crippen LogP contribution is -2.48. The number of sulfonamides is 1. The summed E-state index contributed by atoms with van der Waals surface area (Å²) in [5.41, 5.74) is -5.90. The number of rotatable bonds is 10. The molecule has 2 aromatic rings. The highest BCUT2D eigenvalue weighted by atomic mass is 32.2. The largest absolute Gasteiger partial charge is 0.501 e. The van der Waals surface area contributed by atoms with Crippen LogP contribution in [0.5, 0.6) is 0 Å². The number of halogens is 3. The third-order valence-corrected chi connectivity index (χ3v) is 9.90. The number of nitrogens with zero attached hydrogens (tertiary/aromatic N) is 1. The fourth-order valence-corrected chi connectivity index (χ4v) is 6.83. The average Bonchev–Trinajstić information content (AvgIpc) is 2.86. The standard InChI is InChI=1S/C24H29F3N2O6S3/c1-2-19-15-35-11-10-29(19)23(30)13-17(16-36-20-6-4-3-5-7-20)12-18-8-9-21(38(28,33)34)14-22(18)37(31,32)24(25,26)27/h3-9,14,17,19H,2,10-13,15-16H2,1H3,(H2,28,33,34)/t17-,19+/m1/s1. The molecule has 1 aliphatic rings. The molecule has 2 atom stereocenters. The van der Waals surface area contributed by atoms with Crippen molar-refractivity contribution in [3.63, 3.8) is 0 Å². The normalized spacial score (nSPS) is 17.8. The van der Waals surface area contributed by atoms with Gasteiger partial charge in [0.25, 0.3) is 9.84 Å². The molecule has 0 bridgehead atoms. The zero-order chi connectivity index (χ0) is 28.1. The minimum Gasteiger partial charge on any atom is -0.377 e. The number of primary sulfonamides is 1. The van der Waals surface area contributed by atoms with Crippen LogP contribution >= 0.6 is 11.8 Å². The van der Waals surface area contributed by atoms with Crippen LogP contribution in [0.25, 0.3) is 0 Å². The number of sulfone groups is 1. The molecule has 0 saturated carbocycles. The van der Waals surface area contributed by atoms with Gasteiger partial charge in [-0.3, -0.25) is 4.79 Å². The molecule has 0 radical (unpaired) electrons. The van der Waals surface area contributed by atoms with E-state index in [-0.39, 0.29) is 30.4 Å². The molecule has 8 nitrogen and oxygen atoms in total. The van der Waals surface area contributed by atoms with Gasteiger partial charge in [-0.25, -0.2) is 22.0 Å². The van der Waals surface area contributed by atoms with E-state index in [1.165, 1.54) is 11.8 Å². The Morgan fingerprint density at radius 2 is 1.84 bits per heavy atom. The molecular weight excluding hydrogens is 565 g/mol. The number of alkyl halides is 3. The van der Waals surface area contributed by atoms with Crippen molar-refractivity contribution in [2.24, 2.45) is 11.1 Å². The highest BCUT2D eigenvalue weighted by Gasteiger charge is 2.48. The first kappa shape index (κ1) is 30.4. The lowest BCUT2D eigenvalue weighted by Gasteiger charge is -2.36. The van der Waals surface area contributed by atoms with Gasteiger partial charge in [0.05, 0.1) is 29.0 Å². The Hall–Kier alpha value is -2.13. The molecule has 2 aromatic carbocycles. The quantitative estimate of drug-likeness (QED) is 0.417. The maximum Gasteiger partial charge on any atom is 0.501 e. The zero-order valence-electron chi connectivity index (χ0n) is 20.6. The molecule has 3 rings (SSSR count). The summed E-state index contributed by atoms with van der Waals surface area (Å²) in [5.74, 6) is -0.463. The van der Waals surface area contributed by atoms with E-state index in [1.807, 2.05) is 37.3 Å². The van der Waals surface area contributed by atoms with Crippen molar-refractivity contribution in [3.05, 3.63) is 54.1 Å². The van der Waals surface area contributed by atoms with E-state index < -0.39 is 41.1 Å². The van der Waals surface area contributed by atoms with Gasteiger partial charge in [-0.05, 0) is 48.6 Å². The number of thioether (sulfide) groups is 1. The number of benzene rings is 2. The Kier molecular flexibility index (Phi) is 9.90. The average molecular weight is 595 g/mol. The zero-order valence-corrected chi connectivity index (χ0v) is 23.0. The summed E-state index contributed by atoms with van der Waals surface area (Å²) in [7, 11) is -10.4. The minimum atomic E-state index is -5.90. The molecule has 0 aromatic heterocycles. The summed E-state index contributed by atoms with van der Waals surface area (Å²) in [6, 6.07) is 11.5. The third kappa shape index (κ3) is 7.50. The summed E-state index contributed by atoms with van der Waals surface area (Å²) in [6.45, 7) is 3.06. The van der Waals surface area contributed by atoms with Gasteiger partial charge in [-0.2, -0.15) is 13.2 Å². The van der Waals surface area contributed by atoms with E-state index in [4.69, 9.17) is 9.88 Å². The first-order valence-corrected chi connectivity index (χ1v) is 15.8. The topological polar surface area (TPSA) is 124 Å². The predicted molar refractivity (Wildman–Crippen MR) is 137 cm³/mol. The van der Waals surface area contributed by atoms with E-state index in [0.717, 1.165) is 17.0 Å². The molecule has 14 heteroatoms. The summed E-state index contributed by atoms with van der Waals surface area (Å²) < 4.78 is 94.4. The second kappa shape index (κ2) is 12.4. The van der Waals surface area contributed by atoms with Crippen molar-refractivity contribution in [2.75, 3.05) is 25.5 Å². The summed E-state index contributed by atoms with van der Waals surface area (Å²) in [5, 5.41) is 5.05. The van der Waals surface area contributed by atoms with E-state index in [1.54, 1.807) is 4.90 Å². The molecule has 0 spiro atoms. The number of morpholine rings is 1. The van der Waals surface area contributed by atoms with Gasteiger partial charge in [-0.15, -0.1) is 11.8 Å². The van der Waals surface area contributed by atoms with Crippen LogP contribution in [0.3, 0.4) is 0 Å². The van der Waals surface area contributed by atoms with Crippen molar-refractivity contribution in [3.8, 4) is 0 Å². The van der Waals surface area contributed by atoms with Gasteiger partial charge in [0.15, 0.2) is 0 Å². The van der Waals surface area contributed by atoms with E-state index in [9.17, 15) is 34.8 Å². The molecule has 1 amide bonds. The lowest BCUT2D eigenvalue weighted by atomic mass is 9.96. The van der Waals surface area contributed by atoms with E-state index in [2.05, 4.69) is 0 Å². The molecule has 2 N–H and O–H groups in total. The lowest BCUT2D eigenvalue weighted by molar-refractivity contribution is -0.140. The molecule has 38 heavy (non-hydrogen) atoms. The fraction of sp³-hybridized carbons (Fsp3) is 0.458. The molecule has 1 saturated heterocycles. The highest BCUT2D eigenvalue weighted by Crippen LogP contribution is 2.35. The summed E-state index contributed by atoms with van der Waals surface area (Å²) >= 11 is 1.39. The van der Waals surface area contributed by atoms with E-state index in [0.29, 0.717) is 38.0 Å². The van der Waals surface area contributed by atoms with Crippen LogP contribution in [-0.4, -0.2) is 64.7 Å². The Balaban J connectivity index is 1.98. The van der Waals surface area contributed by atoms with Crippen molar-refractivity contribution in [1.82, 2.24) is 4.90 Å². The Labute approximate surface area is 224 Å². The molecule has 1 fully saturated rings. The Bertz CT molecular complexity index is 1340. The van der Waals surface area contributed by atoms with Gasteiger partial charge in [0.2, 0.25) is 15.9 Å². The number of nitrogens with two attached hydrogens (primary N) is 1. The van der Waals surface area contributed by atoms with E-state index >= 15 is 0 Å². The van der Waals surface area contributed by atoms with Gasteiger partial charge in [0.1, 0.15) is 0 Å². The van der Waals surface area contributed by atoms with Crippen LogP contribution in [0, 0.1) is 5.92 Å². The third-order valence-electron chi connectivity index (χ3n) is 6.18. The SMILES string of the molecule is CC[C@H]1COCCN1C(=O)C[C@H](CSc1ccccc1)Cc1ccc(S(N)(=O)=O)cc1S(=O)(=O)C(F)(F)F.